The predicted molar refractivity (Wildman–Crippen MR) is 94.2 cm³/mol. The van der Waals surface area contributed by atoms with Crippen molar-refractivity contribution in [3.63, 3.8) is 0 Å². The molecule has 0 fully saturated rings. The minimum absolute atomic E-state index is 0.357. The van der Waals surface area contributed by atoms with Crippen molar-refractivity contribution in [3.05, 3.63) is 64.7 Å². The van der Waals surface area contributed by atoms with Crippen molar-refractivity contribution in [1.29, 1.82) is 0 Å². The third-order valence-electron chi connectivity index (χ3n) is 3.80. The van der Waals surface area contributed by atoms with Crippen LogP contribution in [0.15, 0.2) is 48.5 Å². The van der Waals surface area contributed by atoms with Crippen molar-refractivity contribution in [2.45, 2.75) is 38.6 Å². The van der Waals surface area contributed by atoms with E-state index in [1.807, 2.05) is 0 Å². The first kappa shape index (κ1) is 20.1. The summed E-state index contributed by atoms with van der Waals surface area (Å²) >= 11 is 5.81. The van der Waals surface area contributed by atoms with Gasteiger partial charge >= 0.3 is 6.18 Å². The second-order valence-electron chi connectivity index (χ2n) is 6.38. The highest BCUT2D eigenvalue weighted by Gasteiger charge is 2.33. The molecule has 1 N–H and O–H groups in total. The summed E-state index contributed by atoms with van der Waals surface area (Å²) in [4.78, 5) is 12.5. The molecule has 0 aliphatic rings. The van der Waals surface area contributed by atoms with Gasteiger partial charge in [0.25, 0.3) is 5.91 Å². The zero-order valence-electron chi connectivity index (χ0n) is 14.5. The van der Waals surface area contributed by atoms with Gasteiger partial charge in [0.05, 0.1) is 11.6 Å². The molecule has 2 rings (SSSR count). The van der Waals surface area contributed by atoms with Gasteiger partial charge in [0.2, 0.25) is 0 Å². The zero-order valence-corrected chi connectivity index (χ0v) is 15.3. The van der Waals surface area contributed by atoms with Gasteiger partial charge < -0.3 is 10.1 Å². The normalized spacial score (nSPS) is 13.2. The van der Waals surface area contributed by atoms with Crippen LogP contribution in [0.25, 0.3) is 0 Å². The van der Waals surface area contributed by atoms with Gasteiger partial charge in [0.15, 0.2) is 5.60 Å². The molecule has 0 bridgehead atoms. The maximum absolute atomic E-state index is 12.8. The third-order valence-corrected chi connectivity index (χ3v) is 4.05. The van der Waals surface area contributed by atoms with Gasteiger partial charge in [0.1, 0.15) is 5.75 Å². The van der Waals surface area contributed by atoms with Gasteiger partial charge in [-0.15, -0.1) is 0 Å². The van der Waals surface area contributed by atoms with Crippen LogP contribution in [-0.4, -0.2) is 11.5 Å². The lowest BCUT2D eigenvalue weighted by Crippen LogP contribution is -2.47. The molecule has 0 radical (unpaired) electrons. The van der Waals surface area contributed by atoms with E-state index in [1.165, 1.54) is 12.1 Å². The molecule has 0 aliphatic heterocycles. The summed E-state index contributed by atoms with van der Waals surface area (Å²) in [7, 11) is 0. The Hall–Kier alpha value is -2.21. The Balaban J connectivity index is 2.09. The first-order valence-electron chi connectivity index (χ1n) is 7.92. The lowest BCUT2D eigenvalue weighted by molar-refractivity contribution is -0.137. The molecular weight excluding hydrogens is 367 g/mol. The molecule has 1 unspecified atom stereocenters. The molecule has 1 atom stereocenters. The summed E-state index contributed by atoms with van der Waals surface area (Å²) < 4.78 is 44.2. The van der Waals surface area contributed by atoms with Crippen LogP contribution in [0.1, 0.15) is 37.9 Å². The van der Waals surface area contributed by atoms with Gasteiger partial charge in [-0.3, -0.25) is 4.79 Å². The van der Waals surface area contributed by atoms with E-state index in [9.17, 15) is 18.0 Å². The minimum Gasteiger partial charge on any atom is -0.478 e. The first-order chi connectivity index (χ1) is 12.0. The molecule has 0 heterocycles. The highest BCUT2D eigenvalue weighted by molar-refractivity contribution is 6.30. The van der Waals surface area contributed by atoms with Crippen LogP contribution in [0.2, 0.25) is 5.02 Å². The molecule has 2 aromatic rings. The summed E-state index contributed by atoms with van der Waals surface area (Å²) in [6.45, 7) is 4.78. The molecule has 140 valence electrons. The van der Waals surface area contributed by atoms with E-state index >= 15 is 0 Å². The van der Waals surface area contributed by atoms with Crippen LogP contribution in [0.4, 0.5) is 13.2 Å². The minimum atomic E-state index is -4.43. The molecule has 2 aromatic carbocycles. The van der Waals surface area contributed by atoms with Crippen LogP contribution < -0.4 is 10.1 Å². The molecular formula is C19H19ClF3NO2. The first-order valence-corrected chi connectivity index (χ1v) is 8.29. The number of carbonyl (C=O) groups is 1. The van der Waals surface area contributed by atoms with Gasteiger partial charge in [-0.1, -0.05) is 23.7 Å². The Morgan fingerprint density at radius 1 is 1.12 bits per heavy atom. The van der Waals surface area contributed by atoms with E-state index in [-0.39, 0.29) is 0 Å². The number of benzene rings is 2. The summed E-state index contributed by atoms with van der Waals surface area (Å²) in [5.74, 6) is 0.0126. The molecule has 7 heteroatoms. The van der Waals surface area contributed by atoms with Gasteiger partial charge in [0, 0.05) is 5.02 Å². The Bertz CT molecular complexity index is 773. The van der Waals surface area contributed by atoms with E-state index in [0.717, 1.165) is 12.1 Å². The quantitative estimate of drug-likeness (QED) is 0.749. The fraction of sp³-hybridized carbons (Fsp3) is 0.316. The lowest BCUT2D eigenvalue weighted by atomic mass is 10.0. The number of rotatable bonds is 5. The molecule has 26 heavy (non-hydrogen) atoms. The van der Waals surface area contributed by atoms with Crippen molar-refractivity contribution in [3.8, 4) is 5.75 Å². The Labute approximate surface area is 155 Å². The standard InChI is InChI=1S/C19H19ClF3NO2/c1-12(13-5-4-6-14(11-13)19(21,22)23)24-17(25)18(2,3)26-16-9-7-15(20)8-10-16/h4-12H,1-3H3,(H,24,25). The average molecular weight is 386 g/mol. The smallest absolute Gasteiger partial charge is 0.416 e. The van der Waals surface area contributed by atoms with Crippen molar-refractivity contribution in [2.75, 3.05) is 0 Å². The predicted octanol–water partition coefficient (Wildman–Crippen LogP) is 5.39. The molecule has 0 aromatic heterocycles. The van der Waals surface area contributed by atoms with E-state index in [4.69, 9.17) is 16.3 Å². The highest BCUT2D eigenvalue weighted by Crippen LogP contribution is 2.31. The monoisotopic (exact) mass is 385 g/mol. The number of halogens is 4. The Kier molecular flexibility index (Phi) is 5.86. The van der Waals surface area contributed by atoms with E-state index < -0.39 is 29.3 Å². The van der Waals surface area contributed by atoms with E-state index in [0.29, 0.717) is 16.3 Å². The van der Waals surface area contributed by atoms with Gasteiger partial charge in [-0.05, 0) is 62.7 Å². The number of hydrogen-bond acceptors (Lipinski definition) is 2. The van der Waals surface area contributed by atoms with Gasteiger partial charge in [-0.25, -0.2) is 0 Å². The number of ether oxygens (including phenoxy) is 1. The van der Waals surface area contributed by atoms with E-state index in [2.05, 4.69) is 5.32 Å². The topological polar surface area (TPSA) is 38.3 Å². The zero-order chi connectivity index (χ0) is 19.5. The van der Waals surface area contributed by atoms with Gasteiger partial charge in [-0.2, -0.15) is 13.2 Å². The molecule has 1 amide bonds. The molecule has 3 nitrogen and oxygen atoms in total. The van der Waals surface area contributed by atoms with Crippen LogP contribution in [0, 0.1) is 0 Å². The Morgan fingerprint density at radius 3 is 2.31 bits per heavy atom. The maximum Gasteiger partial charge on any atom is 0.416 e. The fourth-order valence-electron chi connectivity index (χ4n) is 2.28. The van der Waals surface area contributed by atoms with Crippen LogP contribution >= 0.6 is 11.6 Å². The van der Waals surface area contributed by atoms with Crippen molar-refractivity contribution in [2.24, 2.45) is 0 Å². The fourth-order valence-corrected chi connectivity index (χ4v) is 2.41. The summed E-state index contributed by atoms with van der Waals surface area (Å²) in [6, 6.07) is 10.8. The van der Waals surface area contributed by atoms with E-state index in [1.54, 1.807) is 45.0 Å². The second kappa shape index (κ2) is 7.58. The third kappa shape index (κ3) is 5.14. The Morgan fingerprint density at radius 2 is 1.73 bits per heavy atom. The lowest BCUT2D eigenvalue weighted by Gasteiger charge is -2.27. The van der Waals surface area contributed by atoms with Crippen LogP contribution in [0.3, 0.4) is 0 Å². The van der Waals surface area contributed by atoms with Crippen molar-refractivity contribution < 1.29 is 22.7 Å². The molecule has 0 spiro atoms. The highest BCUT2D eigenvalue weighted by atomic mass is 35.5. The largest absolute Gasteiger partial charge is 0.478 e. The number of carbonyl (C=O) groups excluding carboxylic acids is 1. The number of amides is 1. The van der Waals surface area contributed by atoms with Crippen molar-refractivity contribution >= 4 is 17.5 Å². The second-order valence-corrected chi connectivity index (χ2v) is 6.82. The summed E-state index contributed by atoms with van der Waals surface area (Å²) in [6.07, 6.45) is -4.43. The van der Waals surface area contributed by atoms with Crippen LogP contribution in [-0.2, 0) is 11.0 Å². The number of hydrogen-bond donors (Lipinski definition) is 1. The van der Waals surface area contributed by atoms with Crippen molar-refractivity contribution in [1.82, 2.24) is 5.32 Å². The maximum atomic E-state index is 12.8. The average Bonchev–Trinajstić information content (AvgIpc) is 2.56. The van der Waals surface area contributed by atoms with Crippen LogP contribution in [0.5, 0.6) is 5.75 Å². The molecule has 0 saturated carbocycles. The summed E-state index contributed by atoms with van der Waals surface area (Å²) in [5.41, 5.74) is -1.62. The SMILES string of the molecule is CC(NC(=O)C(C)(C)Oc1ccc(Cl)cc1)c1cccc(C(F)(F)F)c1. The number of nitrogens with one attached hydrogen (secondary N) is 1. The molecule has 0 aliphatic carbocycles. The number of alkyl halides is 3. The molecule has 0 saturated heterocycles. The summed E-state index contributed by atoms with van der Waals surface area (Å²) in [5, 5.41) is 3.23.